The molecule has 0 unspecified atom stereocenters. The minimum atomic E-state index is 0. The molecule has 0 bridgehead atoms. The van der Waals surface area contributed by atoms with Gasteiger partial charge in [-0.05, 0) is 48.0 Å². The van der Waals surface area contributed by atoms with E-state index in [1.54, 1.807) is 0 Å². The highest BCUT2D eigenvalue weighted by Gasteiger charge is 2.26. The summed E-state index contributed by atoms with van der Waals surface area (Å²) in [5, 5.41) is 6.49. The van der Waals surface area contributed by atoms with Gasteiger partial charge in [0.2, 0.25) is 5.91 Å². The molecular weight excluding hydrogens is 332 g/mol. The first-order valence-electron chi connectivity index (χ1n) is 8.76. The van der Waals surface area contributed by atoms with Crippen molar-refractivity contribution in [2.24, 2.45) is 5.41 Å². The van der Waals surface area contributed by atoms with E-state index in [-0.39, 0.29) is 23.7 Å². The SMILES string of the molecule is CC1(CNC(=O)Cc2ccc(-c3ccccc3)cc2)CCNCC1.Cl. The molecule has 1 amide bonds. The van der Waals surface area contributed by atoms with Gasteiger partial charge in [-0.3, -0.25) is 4.79 Å². The second-order valence-electron chi connectivity index (χ2n) is 7.08. The molecule has 1 saturated heterocycles. The normalized spacial score (nSPS) is 15.9. The fourth-order valence-corrected chi connectivity index (χ4v) is 3.21. The molecular formula is C21H27ClN2O. The Morgan fingerprint density at radius 1 is 1.00 bits per heavy atom. The van der Waals surface area contributed by atoms with Gasteiger partial charge in [0.05, 0.1) is 6.42 Å². The van der Waals surface area contributed by atoms with Crippen LogP contribution in [0, 0.1) is 5.41 Å². The molecule has 1 fully saturated rings. The van der Waals surface area contributed by atoms with Crippen molar-refractivity contribution in [3.63, 3.8) is 0 Å². The van der Waals surface area contributed by atoms with Gasteiger partial charge in [0, 0.05) is 6.54 Å². The zero-order chi connectivity index (χ0) is 16.8. The maximum absolute atomic E-state index is 12.2. The van der Waals surface area contributed by atoms with Crippen LogP contribution >= 0.6 is 12.4 Å². The van der Waals surface area contributed by atoms with E-state index >= 15 is 0 Å². The molecule has 0 saturated carbocycles. The van der Waals surface area contributed by atoms with Crippen LogP contribution < -0.4 is 10.6 Å². The first kappa shape index (κ1) is 19.5. The molecule has 3 rings (SSSR count). The van der Waals surface area contributed by atoms with Crippen molar-refractivity contribution in [2.45, 2.75) is 26.2 Å². The summed E-state index contributed by atoms with van der Waals surface area (Å²) in [5.41, 5.74) is 3.68. The van der Waals surface area contributed by atoms with Crippen molar-refractivity contribution in [3.05, 3.63) is 60.2 Å². The van der Waals surface area contributed by atoms with E-state index < -0.39 is 0 Å². The van der Waals surface area contributed by atoms with Crippen LogP contribution in [0.25, 0.3) is 11.1 Å². The highest BCUT2D eigenvalue weighted by Crippen LogP contribution is 2.26. The predicted octanol–water partition coefficient (Wildman–Crippen LogP) is 3.82. The Balaban J connectivity index is 0.00000225. The Kier molecular flexibility index (Phi) is 7.03. The average molecular weight is 359 g/mol. The van der Waals surface area contributed by atoms with Crippen molar-refractivity contribution >= 4 is 18.3 Å². The van der Waals surface area contributed by atoms with Gasteiger partial charge in [0.25, 0.3) is 0 Å². The molecule has 134 valence electrons. The van der Waals surface area contributed by atoms with Crippen LogP contribution in [0.1, 0.15) is 25.3 Å². The van der Waals surface area contributed by atoms with Crippen LogP contribution in [0.4, 0.5) is 0 Å². The number of carbonyl (C=O) groups excluding carboxylic acids is 1. The molecule has 3 nitrogen and oxygen atoms in total. The van der Waals surface area contributed by atoms with E-state index in [9.17, 15) is 4.79 Å². The Hall–Kier alpha value is -1.84. The number of carbonyl (C=O) groups is 1. The van der Waals surface area contributed by atoms with Gasteiger partial charge in [-0.2, -0.15) is 0 Å². The molecule has 2 aromatic rings. The predicted molar refractivity (Wildman–Crippen MR) is 106 cm³/mol. The first-order valence-corrected chi connectivity index (χ1v) is 8.76. The molecule has 1 aliphatic rings. The van der Waals surface area contributed by atoms with Crippen LogP contribution in [0.2, 0.25) is 0 Å². The van der Waals surface area contributed by atoms with Crippen LogP contribution in [0.3, 0.4) is 0 Å². The third-order valence-corrected chi connectivity index (χ3v) is 4.95. The number of amides is 1. The summed E-state index contributed by atoms with van der Waals surface area (Å²) < 4.78 is 0. The maximum atomic E-state index is 12.2. The monoisotopic (exact) mass is 358 g/mol. The number of piperidine rings is 1. The number of hydrogen-bond donors (Lipinski definition) is 2. The van der Waals surface area contributed by atoms with Crippen molar-refractivity contribution in [3.8, 4) is 11.1 Å². The molecule has 2 aromatic carbocycles. The summed E-state index contributed by atoms with van der Waals surface area (Å²) in [6, 6.07) is 18.6. The Labute approximate surface area is 156 Å². The summed E-state index contributed by atoms with van der Waals surface area (Å²) in [5.74, 6) is 0.113. The van der Waals surface area contributed by atoms with Gasteiger partial charge in [0.15, 0.2) is 0 Å². The fraction of sp³-hybridized carbons (Fsp3) is 0.381. The molecule has 0 aromatic heterocycles. The van der Waals surface area contributed by atoms with Gasteiger partial charge < -0.3 is 10.6 Å². The molecule has 1 heterocycles. The van der Waals surface area contributed by atoms with E-state index in [0.717, 1.165) is 38.0 Å². The van der Waals surface area contributed by atoms with Crippen molar-refractivity contribution in [2.75, 3.05) is 19.6 Å². The van der Waals surface area contributed by atoms with Crippen LogP contribution in [-0.4, -0.2) is 25.5 Å². The topological polar surface area (TPSA) is 41.1 Å². The second kappa shape index (κ2) is 9.02. The molecule has 0 aliphatic carbocycles. The number of nitrogens with one attached hydrogen (secondary N) is 2. The van der Waals surface area contributed by atoms with Gasteiger partial charge in [0.1, 0.15) is 0 Å². The molecule has 0 atom stereocenters. The second-order valence-corrected chi connectivity index (χ2v) is 7.08. The van der Waals surface area contributed by atoms with E-state index in [4.69, 9.17) is 0 Å². The zero-order valence-electron chi connectivity index (χ0n) is 14.8. The smallest absolute Gasteiger partial charge is 0.224 e. The molecule has 4 heteroatoms. The number of hydrogen-bond acceptors (Lipinski definition) is 2. The third-order valence-electron chi connectivity index (χ3n) is 4.95. The minimum Gasteiger partial charge on any atom is -0.355 e. The minimum absolute atomic E-state index is 0. The number of benzene rings is 2. The first-order chi connectivity index (χ1) is 11.6. The number of halogens is 1. The van der Waals surface area contributed by atoms with Gasteiger partial charge in [-0.25, -0.2) is 0 Å². The molecule has 0 radical (unpaired) electrons. The lowest BCUT2D eigenvalue weighted by Gasteiger charge is -2.34. The maximum Gasteiger partial charge on any atom is 0.224 e. The van der Waals surface area contributed by atoms with E-state index in [0.29, 0.717) is 6.42 Å². The quantitative estimate of drug-likeness (QED) is 0.853. The zero-order valence-corrected chi connectivity index (χ0v) is 15.6. The van der Waals surface area contributed by atoms with Crippen molar-refractivity contribution in [1.82, 2.24) is 10.6 Å². The number of rotatable bonds is 5. The average Bonchev–Trinajstić information content (AvgIpc) is 2.62. The van der Waals surface area contributed by atoms with Crippen molar-refractivity contribution in [1.29, 1.82) is 0 Å². The largest absolute Gasteiger partial charge is 0.355 e. The van der Waals surface area contributed by atoms with Crippen LogP contribution in [0.15, 0.2) is 54.6 Å². The molecule has 0 spiro atoms. The highest BCUT2D eigenvalue weighted by molar-refractivity contribution is 5.85. The highest BCUT2D eigenvalue weighted by atomic mass is 35.5. The lowest BCUT2D eigenvalue weighted by Crippen LogP contribution is -2.43. The van der Waals surface area contributed by atoms with Crippen molar-refractivity contribution < 1.29 is 4.79 Å². The van der Waals surface area contributed by atoms with E-state index in [1.807, 2.05) is 30.3 Å². The van der Waals surface area contributed by atoms with Gasteiger partial charge in [-0.15, -0.1) is 12.4 Å². The Morgan fingerprint density at radius 3 is 2.24 bits per heavy atom. The van der Waals surface area contributed by atoms with Gasteiger partial charge in [-0.1, -0.05) is 61.5 Å². The summed E-state index contributed by atoms with van der Waals surface area (Å²) in [7, 11) is 0. The fourth-order valence-electron chi connectivity index (χ4n) is 3.21. The lowest BCUT2D eigenvalue weighted by molar-refractivity contribution is -0.121. The van der Waals surface area contributed by atoms with Crippen LogP contribution in [0.5, 0.6) is 0 Å². The Bertz CT molecular complexity index is 664. The van der Waals surface area contributed by atoms with E-state index in [1.165, 1.54) is 11.1 Å². The third kappa shape index (κ3) is 5.58. The Morgan fingerprint density at radius 2 is 1.60 bits per heavy atom. The summed E-state index contributed by atoms with van der Waals surface area (Å²) >= 11 is 0. The lowest BCUT2D eigenvalue weighted by atomic mass is 9.81. The molecule has 1 aliphatic heterocycles. The molecule has 25 heavy (non-hydrogen) atoms. The van der Waals surface area contributed by atoms with E-state index in [2.05, 4.69) is 41.8 Å². The summed E-state index contributed by atoms with van der Waals surface area (Å²) in [6.45, 7) is 5.14. The molecule has 2 N–H and O–H groups in total. The standard InChI is InChI=1S/C21H26N2O.ClH/c1-21(11-13-22-14-12-21)16-23-20(24)15-17-7-9-19(10-8-17)18-5-3-2-4-6-18;/h2-10,22H,11-16H2,1H3,(H,23,24);1H. The summed E-state index contributed by atoms with van der Waals surface area (Å²) in [4.78, 5) is 12.2. The summed E-state index contributed by atoms with van der Waals surface area (Å²) in [6.07, 6.45) is 2.70. The van der Waals surface area contributed by atoms with Gasteiger partial charge >= 0.3 is 0 Å². The van der Waals surface area contributed by atoms with Crippen LogP contribution in [-0.2, 0) is 11.2 Å².